The average Bonchev–Trinajstić information content (AvgIpc) is 2.37. The van der Waals surface area contributed by atoms with Crippen LogP contribution in [0.25, 0.3) is 0 Å². The molecule has 0 atom stereocenters. The van der Waals surface area contributed by atoms with E-state index in [1.165, 1.54) is 10.6 Å². The molecular formula is C12H18BrN3O2S. The minimum atomic E-state index is -3.08. The van der Waals surface area contributed by atoms with E-state index in [-0.39, 0.29) is 0 Å². The van der Waals surface area contributed by atoms with Crippen LogP contribution in [-0.4, -0.2) is 45.2 Å². The van der Waals surface area contributed by atoms with Crippen LogP contribution in [0.3, 0.4) is 0 Å². The SMILES string of the molecule is CS(=O)(=O)N1CCN(c2cc(Br)cc(CN)c2)CC1. The third-order valence-electron chi connectivity index (χ3n) is 3.25. The molecule has 0 spiro atoms. The molecule has 106 valence electrons. The lowest BCUT2D eigenvalue weighted by Gasteiger charge is -2.35. The summed E-state index contributed by atoms with van der Waals surface area (Å²) >= 11 is 3.48. The van der Waals surface area contributed by atoms with E-state index in [0.29, 0.717) is 32.7 Å². The van der Waals surface area contributed by atoms with Crippen LogP contribution in [0.1, 0.15) is 5.56 Å². The Bertz CT molecular complexity index is 554. The Kier molecular flexibility index (Phi) is 4.50. The summed E-state index contributed by atoms with van der Waals surface area (Å²) in [6, 6.07) is 6.09. The molecule has 2 N–H and O–H groups in total. The van der Waals surface area contributed by atoms with Gasteiger partial charge in [0.05, 0.1) is 6.26 Å². The molecule has 0 radical (unpaired) electrons. The van der Waals surface area contributed by atoms with Crippen LogP contribution < -0.4 is 10.6 Å². The second-order valence-electron chi connectivity index (χ2n) is 4.67. The molecule has 7 heteroatoms. The summed E-state index contributed by atoms with van der Waals surface area (Å²) in [6.45, 7) is 2.96. The predicted octanol–water partition coefficient (Wildman–Crippen LogP) is 0.989. The van der Waals surface area contributed by atoms with Gasteiger partial charge in [-0.15, -0.1) is 0 Å². The van der Waals surface area contributed by atoms with Crippen molar-refractivity contribution in [3.63, 3.8) is 0 Å². The van der Waals surface area contributed by atoms with E-state index in [2.05, 4.69) is 26.9 Å². The molecule has 0 bridgehead atoms. The van der Waals surface area contributed by atoms with Gasteiger partial charge < -0.3 is 10.6 Å². The first-order valence-corrected chi connectivity index (χ1v) is 8.74. The zero-order chi connectivity index (χ0) is 14.0. The minimum Gasteiger partial charge on any atom is -0.369 e. The molecular weight excluding hydrogens is 330 g/mol. The summed E-state index contributed by atoms with van der Waals surface area (Å²) in [6.07, 6.45) is 1.26. The summed E-state index contributed by atoms with van der Waals surface area (Å²) < 4.78 is 25.5. The van der Waals surface area contributed by atoms with Crippen molar-refractivity contribution in [2.45, 2.75) is 6.54 Å². The molecule has 1 fully saturated rings. The highest BCUT2D eigenvalue weighted by Gasteiger charge is 2.23. The molecule has 0 aromatic heterocycles. The van der Waals surface area contributed by atoms with Crippen LogP contribution in [0.5, 0.6) is 0 Å². The molecule has 1 aliphatic heterocycles. The maximum atomic E-state index is 11.5. The Labute approximate surface area is 122 Å². The molecule has 1 heterocycles. The van der Waals surface area contributed by atoms with E-state index in [4.69, 9.17) is 5.73 Å². The number of piperazine rings is 1. The number of benzene rings is 1. The first-order chi connectivity index (χ1) is 8.90. The molecule has 1 saturated heterocycles. The summed E-state index contributed by atoms with van der Waals surface area (Å²) in [5.41, 5.74) is 7.82. The summed E-state index contributed by atoms with van der Waals surface area (Å²) in [4.78, 5) is 2.19. The number of rotatable bonds is 3. The highest BCUT2D eigenvalue weighted by molar-refractivity contribution is 9.10. The maximum Gasteiger partial charge on any atom is 0.211 e. The first-order valence-electron chi connectivity index (χ1n) is 6.10. The standard InChI is InChI=1S/C12H18BrN3O2S/c1-19(17,18)16-4-2-15(3-5-16)12-7-10(9-14)6-11(13)8-12/h6-8H,2-5,9,14H2,1H3. The van der Waals surface area contributed by atoms with Crippen molar-refractivity contribution in [1.29, 1.82) is 0 Å². The Morgan fingerprint density at radius 3 is 2.37 bits per heavy atom. The van der Waals surface area contributed by atoms with Crippen LogP contribution in [0.15, 0.2) is 22.7 Å². The molecule has 0 amide bonds. The highest BCUT2D eigenvalue weighted by Crippen LogP contribution is 2.24. The van der Waals surface area contributed by atoms with Crippen molar-refractivity contribution in [1.82, 2.24) is 4.31 Å². The molecule has 0 aliphatic carbocycles. The minimum absolute atomic E-state index is 0.496. The third kappa shape index (κ3) is 3.68. The largest absolute Gasteiger partial charge is 0.369 e. The summed E-state index contributed by atoms with van der Waals surface area (Å²) in [5, 5.41) is 0. The molecule has 0 unspecified atom stereocenters. The van der Waals surface area contributed by atoms with Gasteiger partial charge in [0.15, 0.2) is 0 Å². The van der Waals surface area contributed by atoms with E-state index in [0.717, 1.165) is 15.7 Å². The third-order valence-corrected chi connectivity index (χ3v) is 5.01. The van der Waals surface area contributed by atoms with Crippen molar-refractivity contribution in [3.8, 4) is 0 Å². The number of nitrogens with zero attached hydrogens (tertiary/aromatic N) is 2. The molecule has 0 saturated carbocycles. The van der Waals surface area contributed by atoms with E-state index >= 15 is 0 Å². The molecule has 19 heavy (non-hydrogen) atoms. The van der Waals surface area contributed by atoms with E-state index in [1.807, 2.05) is 12.1 Å². The second kappa shape index (κ2) is 5.78. The zero-order valence-electron chi connectivity index (χ0n) is 10.8. The lowest BCUT2D eigenvalue weighted by atomic mass is 10.2. The molecule has 1 aromatic carbocycles. The van der Waals surface area contributed by atoms with Crippen LogP contribution >= 0.6 is 15.9 Å². The summed E-state index contributed by atoms with van der Waals surface area (Å²) in [7, 11) is -3.08. The molecule has 5 nitrogen and oxygen atoms in total. The quantitative estimate of drug-likeness (QED) is 0.885. The molecule has 1 aromatic rings. The normalized spacial score (nSPS) is 17.7. The van der Waals surface area contributed by atoms with E-state index in [1.54, 1.807) is 0 Å². The average molecular weight is 348 g/mol. The fraction of sp³-hybridized carbons (Fsp3) is 0.500. The van der Waals surface area contributed by atoms with Gasteiger partial charge in [0.2, 0.25) is 10.0 Å². The number of sulfonamides is 1. The summed E-state index contributed by atoms with van der Waals surface area (Å²) in [5.74, 6) is 0. The molecule has 2 rings (SSSR count). The number of hydrogen-bond donors (Lipinski definition) is 1. The van der Waals surface area contributed by atoms with Gasteiger partial charge in [-0.2, -0.15) is 4.31 Å². The Morgan fingerprint density at radius 1 is 1.21 bits per heavy atom. The number of nitrogens with two attached hydrogens (primary N) is 1. The fourth-order valence-corrected chi connectivity index (χ4v) is 3.57. The first kappa shape index (κ1) is 14.8. The van der Waals surface area contributed by atoms with Gasteiger partial charge >= 0.3 is 0 Å². The molecule has 1 aliphatic rings. The number of anilines is 1. The van der Waals surface area contributed by atoms with E-state index in [9.17, 15) is 8.42 Å². The van der Waals surface area contributed by atoms with Gasteiger partial charge in [0, 0.05) is 42.9 Å². The van der Waals surface area contributed by atoms with E-state index < -0.39 is 10.0 Å². The van der Waals surface area contributed by atoms with Gasteiger partial charge in [-0.3, -0.25) is 0 Å². The lowest BCUT2D eigenvalue weighted by Crippen LogP contribution is -2.48. The predicted molar refractivity (Wildman–Crippen MR) is 80.7 cm³/mol. The van der Waals surface area contributed by atoms with Gasteiger partial charge in [-0.25, -0.2) is 8.42 Å². The van der Waals surface area contributed by atoms with Crippen molar-refractivity contribution >= 4 is 31.6 Å². The Hall–Kier alpha value is -0.630. The lowest BCUT2D eigenvalue weighted by molar-refractivity contribution is 0.388. The van der Waals surface area contributed by atoms with Crippen molar-refractivity contribution in [3.05, 3.63) is 28.2 Å². The van der Waals surface area contributed by atoms with Gasteiger partial charge in [-0.05, 0) is 23.8 Å². The second-order valence-corrected chi connectivity index (χ2v) is 7.57. The Morgan fingerprint density at radius 2 is 1.84 bits per heavy atom. The van der Waals surface area contributed by atoms with Crippen molar-refractivity contribution in [2.24, 2.45) is 5.73 Å². The van der Waals surface area contributed by atoms with Crippen molar-refractivity contribution in [2.75, 3.05) is 37.3 Å². The zero-order valence-corrected chi connectivity index (χ0v) is 13.2. The van der Waals surface area contributed by atoms with Crippen molar-refractivity contribution < 1.29 is 8.42 Å². The Balaban J connectivity index is 2.11. The monoisotopic (exact) mass is 347 g/mol. The number of halogens is 1. The topological polar surface area (TPSA) is 66.6 Å². The van der Waals surface area contributed by atoms with Crippen LogP contribution in [-0.2, 0) is 16.6 Å². The maximum absolute atomic E-state index is 11.5. The highest BCUT2D eigenvalue weighted by atomic mass is 79.9. The fourth-order valence-electron chi connectivity index (χ4n) is 2.21. The van der Waals surface area contributed by atoms with Gasteiger partial charge in [-0.1, -0.05) is 15.9 Å². The number of hydrogen-bond acceptors (Lipinski definition) is 4. The van der Waals surface area contributed by atoms with Crippen LogP contribution in [0.4, 0.5) is 5.69 Å². The van der Waals surface area contributed by atoms with Crippen LogP contribution in [0.2, 0.25) is 0 Å². The smallest absolute Gasteiger partial charge is 0.211 e. The van der Waals surface area contributed by atoms with Gasteiger partial charge in [0.1, 0.15) is 0 Å². The van der Waals surface area contributed by atoms with Gasteiger partial charge in [0.25, 0.3) is 0 Å². The van der Waals surface area contributed by atoms with Crippen LogP contribution in [0, 0.1) is 0 Å².